The molecule has 0 aliphatic carbocycles. The van der Waals surface area contributed by atoms with Gasteiger partial charge in [-0.3, -0.25) is 9.10 Å². The molecular formula is C13H17FN2O3S. The van der Waals surface area contributed by atoms with Crippen molar-refractivity contribution in [3.63, 3.8) is 0 Å². The number of nitrogens with one attached hydrogen (secondary N) is 1. The van der Waals surface area contributed by atoms with Gasteiger partial charge in [0.15, 0.2) is 0 Å². The van der Waals surface area contributed by atoms with Crippen molar-refractivity contribution in [2.24, 2.45) is 0 Å². The normalized spacial score (nSPS) is 10.9. The van der Waals surface area contributed by atoms with Crippen molar-refractivity contribution < 1.29 is 17.6 Å². The van der Waals surface area contributed by atoms with Crippen LogP contribution in [0, 0.1) is 5.82 Å². The van der Waals surface area contributed by atoms with Crippen molar-refractivity contribution in [1.82, 2.24) is 5.32 Å². The van der Waals surface area contributed by atoms with Gasteiger partial charge in [0.2, 0.25) is 15.9 Å². The first-order valence-corrected chi connectivity index (χ1v) is 7.80. The van der Waals surface area contributed by atoms with Crippen LogP contribution < -0.4 is 9.62 Å². The lowest BCUT2D eigenvalue weighted by Gasteiger charge is -2.22. The number of anilines is 1. The van der Waals surface area contributed by atoms with E-state index in [1.165, 1.54) is 30.3 Å². The summed E-state index contributed by atoms with van der Waals surface area (Å²) in [4.78, 5) is 11.5. The Hall–Kier alpha value is -1.89. The molecule has 0 saturated heterocycles. The van der Waals surface area contributed by atoms with Crippen molar-refractivity contribution in [2.45, 2.75) is 6.42 Å². The smallest absolute Gasteiger partial charge is 0.232 e. The van der Waals surface area contributed by atoms with Crippen molar-refractivity contribution in [3.8, 4) is 0 Å². The van der Waals surface area contributed by atoms with Crippen LogP contribution in [-0.4, -0.2) is 33.7 Å². The Morgan fingerprint density at radius 2 is 2.00 bits per heavy atom. The third-order valence-electron chi connectivity index (χ3n) is 2.50. The molecule has 1 rings (SSSR count). The van der Waals surface area contributed by atoms with Gasteiger partial charge in [-0.15, -0.1) is 6.58 Å². The van der Waals surface area contributed by atoms with Gasteiger partial charge in [-0.2, -0.15) is 0 Å². The molecule has 0 radical (unpaired) electrons. The molecule has 0 aliphatic rings. The van der Waals surface area contributed by atoms with Gasteiger partial charge in [-0.1, -0.05) is 6.08 Å². The molecule has 1 N–H and O–H groups in total. The van der Waals surface area contributed by atoms with Crippen LogP contribution in [-0.2, 0) is 14.8 Å². The highest BCUT2D eigenvalue weighted by atomic mass is 32.2. The number of rotatable bonds is 7. The SMILES string of the molecule is C=CCNC(=O)CCN(c1ccc(F)cc1)S(C)(=O)=O. The molecule has 20 heavy (non-hydrogen) atoms. The van der Waals surface area contributed by atoms with Crippen LogP contribution in [0.3, 0.4) is 0 Å². The topological polar surface area (TPSA) is 66.5 Å². The summed E-state index contributed by atoms with van der Waals surface area (Å²) in [7, 11) is -3.54. The first-order valence-electron chi connectivity index (χ1n) is 5.95. The van der Waals surface area contributed by atoms with Crippen LogP contribution in [0.1, 0.15) is 6.42 Å². The number of hydrogen-bond acceptors (Lipinski definition) is 3. The molecule has 0 spiro atoms. The van der Waals surface area contributed by atoms with Crippen molar-refractivity contribution in [1.29, 1.82) is 0 Å². The van der Waals surface area contributed by atoms with E-state index in [0.29, 0.717) is 12.2 Å². The third-order valence-corrected chi connectivity index (χ3v) is 3.69. The molecule has 0 aliphatic heterocycles. The molecule has 0 fully saturated rings. The fourth-order valence-corrected chi connectivity index (χ4v) is 2.50. The maximum atomic E-state index is 12.9. The van der Waals surface area contributed by atoms with Gasteiger partial charge in [-0.25, -0.2) is 12.8 Å². The molecule has 0 bridgehead atoms. The van der Waals surface area contributed by atoms with Crippen LogP contribution in [0.5, 0.6) is 0 Å². The van der Waals surface area contributed by atoms with Crippen molar-refractivity contribution in [3.05, 3.63) is 42.7 Å². The minimum absolute atomic E-state index is 0.00651. The Morgan fingerprint density at radius 1 is 1.40 bits per heavy atom. The standard InChI is InChI=1S/C13H17FN2O3S/c1-3-9-15-13(17)8-10-16(20(2,18)19)12-6-4-11(14)5-7-12/h3-7H,1,8-10H2,2H3,(H,15,17). The minimum atomic E-state index is -3.54. The number of amides is 1. The summed E-state index contributed by atoms with van der Waals surface area (Å²) in [5.74, 6) is -0.730. The fourth-order valence-electron chi connectivity index (χ4n) is 1.57. The molecule has 1 amide bonds. The van der Waals surface area contributed by atoms with E-state index in [4.69, 9.17) is 0 Å². The number of benzene rings is 1. The van der Waals surface area contributed by atoms with Gasteiger partial charge in [-0.05, 0) is 24.3 Å². The van der Waals surface area contributed by atoms with Gasteiger partial charge in [0.05, 0.1) is 11.9 Å². The number of nitrogens with zero attached hydrogens (tertiary/aromatic N) is 1. The Labute approximate surface area is 118 Å². The monoisotopic (exact) mass is 300 g/mol. The van der Waals surface area contributed by atoms with Crippen molar-refractivity contribution in [2.75, 3.05) is 23.7 Å². The highest BCUT2D eigenvalue weighted by Gasteiger charge is 2.18. The van der Waals surface area contributed by atoms with E-state index in [1.807, 2.05) is 0 Å². The highest BCUT2D eigenvalue weighted by Crippen LogP contribution is 2.18. The van der Waals surface area contributed by atoms with Gasteiger partial charge >= 0.3 is 0 Å². The zero-order valence-corrected chi connectivity index (χ0v) is 12.0. The molecule has 0 atom stereocenters. The van der Waals surface area contributed by atoms with E-state index in [-0.39, 0.29) is 18.9 Å². The first-order chi connectivity index (χ1) is 9.34. The number of hydrogen-bond donors (Lipinski definition) is 1. The van der Waals surface area contributed by atoms with E-state index in [9.17, 15) is 17.6 Å². The Balaban J connectivity index is 2.79. The summed E-state index contributed by atoms with van der Waals surface area (Å²) in [6, 6.07) is 5.06. The average Bonchev–Trinajstić information content (AvgIpc) is 2.37. The van der Waals surface area contributed by atoms with E-state index in [0.717, 1.165) is 10.6 Å². The summed E-state index contributed by atoms with van der Waals surface area (Å²) in [5.41, 5.74) is 0.324. The second-order valence-electron chi connectivity index (χ2n) is 4.15. The molecule has 1 aromatic carbocycles. The van der Waals surface area contributed by atoms with Crippen LogP contribution >= 0.6 is 0 Å². The molecule has 1 aromatic rings. The highest BCUT2D eigenvalue weighted by molar-refractivity contribution is 7.92. The molecule has 0 unspecified atom stereocenters. The first kappa shape index (κ1) is 16.2. The quantitative estimate of drug-likeness (QED) is 0.772. The Morgan fingerprint density at radius 3 is 2.50 bits per heavy atom. The summed E-state index contributed by atoms with van der Waals surface area (Å²) >= 11 is 0. The predicted molar refractivity (Wildman–Crippen MR) is 76.4 cm³/mol. The third kappa shape index (κ3) is 5.00. The molecule has 0 heterocycles. The van der Waals surface area contributed by atoms with E-state index >= 15 is 0 Å². The van der Waals surface area contributed by atoms with Crippen molar-refractivity contribution >= 4 is 21.6 Å². The van der Waals surface area contributed by atoms with E-state index < -0.39 is 15.8 Å². The lowest BCUT2D eigenvalue weighted by molar-refractivity contribution is -0.120. The molecule has 0 saturated carbocycles. The van der Waals surface area contributed by atoms with Crippen LogP contribution in [0.25, 0.3) is 0 Å². The van der Waals surface area contributed by atoms with E-state index in [1.54, 1.807) is 0 Å². The zero-order valence-electron chi connectivity index (χ0n) is 11.2. The fraction of sp³-hybridized carbons (Fsp3) is 0.308. The second-order valence-corrected chi connectivity index (χ2v) is 6.06. The van der Waals surface area contributed by atoms with Gasteiger partial charge in [0.1, 0.15) is 5.82 Å². The van der Waals surface area contributed by atoms with Crippen LogP contribution in [0.4, 0.5) is 10.1 Å². The van der Waals surface area contributed by atoms with Gasteiger partial charge < -0.3 is 5.32 Å². The predicted octanol–water partition coefficient (Wildman–Crippen LogP) is 1.28. The zero-order chi connectivity index (χ0) is 15.2. The largest absolute Gasteiger partial charge is 0.353 e. The maximum absolute atomic E-state index is 12.9. The number of halogens is 1. The second kappa shape index (κ2) is 7.04. The Kier molecular flexibility index (Phi) is 5.69. The van der Waals surface area contributed by atoms with Gasteiger partial charge in [0, 0.05) is 19.5 Å². The lowest BCUT2D eigenvalue weighted by Crippen LogP contribution is -2.34. The molecule has 0 aromatic heterocycles. The van der Waals surface area contributed by atoms with Crippen LogP contribution in [0.2, 0.25) is 0 Å². The number of sulfonamides is 1. The molecule has 5 nitrogen and oxygen atoms in total. The number of carbonyl (C=O) groups is 1. The summed E-state index contributed by atoms with van der Waals surface area (Å²) in [6.45, 7) is 3.79. The Bertz CT molecular complexity index is 570. The number of carbonyl (C=O) groups excluding carboxylic acids is 1. The lowest BCUT2D eigenvalue weighted by atomic mass is 10.3. The minimum Gasteiger partial charge on any atom is -0.353 e. The molecule has 110 valence electrons. The maximum Gasteiger partial charge on any atom is 0.232 e. The summed E-state index contributed by atoms with van der Waals surface area (Å²) < 4.78 is 37.4. The van der Waals surface area contributed by atoms with E-state index in [2.05, 4.69) is 11.9 Å². The molecule has 7 heteroatoms. The van der Waals surface area contributed by atoms with Gasteiger partial charge in [0.25, 0.3) is 0 Å². The molecular weight excluding hydrogens is 283 g/mol. The average molecular weight is 300 g/mol. The summed E-state index contributed by atoms with van der Waals surface area (Å²) in [5, 5.41) is 2.56. The summed E-state index contributed by atoms with van der Waals surface area (Å²) in [6.07, 6.45) is 2.59. The van der Waals surface area contributed by atoms with Crippen LogP contribution in [0.15, 0.2) is 36.9 Å².